The minimum atomic E-state index is -0.325. The predicted octanol–water partition coefficient (Wildman–Crippen LogP) is 7.03. The zero-order valence-corrected chi connectivity index (χ0v) is 22.2. The molecule has 4 aromatic heterocycles. The molecule has 0 saturated heterocycles. The van der Waals surface area contributed by atoms with Gasteiger partial charge in [-0.15, -0.1) is 0 Å². The minimum Gasteiger partial charge on any atom is -0.364 e. The Kier molecular flexibility index (Phi) is 5.68. The fourth-order valence-corrected chi connectivity index (χ4v) is 4.96. The third kappa shape index (κ3) is 3.98. The van der Waals surface area contributed by atoms with Crippen LogP contribution in [-0.2, 0) is 10.8 Å². The van der Waals surface area contributed by atoms with Crippen LogP contribution in [0.3, 0.4) is 0 Å². The van der Waals surface area contributed by atoms with Gasteiger partial charge in [0, 0.05) is 58.4 Å². The highest BCUT2D eigenvalue weighted by atomic mass is 15.2. The quantitative estimate of drug-likeness (QED) is 0.247. The number of nitrogens with one attached hydrogen (secondary N) is 2. The van der Waals surface area contributed by atoms with Crippen LogP contribution in [-0.4, -0.2) is 29.1 Å². The number of hydrogen-bond acceptors (Lipinski definition) is 2. The number of aromatic amines is 2. The van der Waals surface area contributed by atoms with Crippen LogP contribution in [0.1, 0.15) is 50.5 Å². The predicted molar refractivity (Wildman–Crippen MR) is 152 cm³/mol. The van der Waals surface area contributed by atoms with Crippen LogP contribution < -0.4 is 0 Å². The van der Waals surface area contributed by atoms with Gasteiger partial charge in [-0.3, -0.25) is 9.13 Å². The molecule has 2 aromatic carbocycles. The van der Waals surface area contributed by atoms with Crippen LogP contribution in [0.15, 0.2) is 110 Å². The van der Waals surface area contributed by atoms with Crippen molar-refractivity contribution in [3.05, 3.63) is 132 Å². The Morgan fingerprint density at radius 3 is 1.26 bits per heavy atom. The molecule has 2 N–H and O–H groups in total. The minimum absolute atomic E-state index is 0.325. The van der Waals surface area contributed by atoms with E-state index in [9.17, 15) is 0 Å². The van der Waals surface area contributed by atoms with E-state index in [1.54, 1.807) is 0 Å². The topological polar surface area (TPSA) is 67.2 Å². The van der Waals surface area contributed by atoms with Crippen molar-refractivity contribution in [3.63, 3.8) is 0 Å². The fraction of sp³-hybridized carbons (Fsp3) is 0.188. The normalized spacial score (nSPS) is 12.2. The monoisotopic (exact) mass is 500 g/mol. The van der Waals surface area contributed by atoms with Crippen LogP contribution in [0, 0.1) is 0 Å². The van der Waals surface area contributed by atoms with E-state index < -0.39 is 0 Å². The Bertz CT molecular complexity index is 1510. The Balaban J connectivity index is 1.60. The van der Waals surface area contributed by atoms with Crippen molar-refractivity contribution in [2.45, 2.75) is 38.5 Å². The third-order valence-corrected chi connectivity index (χ3v) is 7.50. The summed E-state index contributed by atoms with van der Waals surface area (Å²) in [6, 6.07) is 29.0. The average Bonchev–Trinajstić information content (AvgIpc) is 3.76. The van der Waals surface area contributed by atoms with Gasteiger partial charge in [-0.2, -0.15) is 0 Å². The van der Waals surface area contributed by atoms with E-state index in [1.807, 2.05) is 36.7 Å². The highest BCUT2D eigenvalue weighted by molar-refractivity contribution is 5.58. The maximum absolute atomic E-state index is 5.28. The number of hydrogen-bond donors (Lipinski definition) is 2. The second-order valence-electron chi connectivity index (χ2n) is 10.7. The third-order valence-electron chi connectivity index (χ3n) is 7.50. The smallest absolute Gasteiger partial charge is 0.181 e. The number of imidazole rings is 2. The van der Waals surface area contributed by atoms with E-state index in [1.165, 1.54) is 0 Å². The lowest BCUT2D eigenvalue weighted by Crippen LogP contribution is -2.20. The molecule has 0 saturated carbocycles. The lowest BCUT2D eigenvalue weighted by Gasteiger charge is -2.21. The molecule has 0 radical (unpaired) electrons. The molecule has 0 atom stereocenters. The van der Waals surface area contributed by atoms with Crippen molar-refractivity contribution in [2.24, 2.45) is 0 Å². The van der Waals surface area contributed by atoms with Crippen molar-refractivity contribution in [1.82, 2.24) is 29.1 Å². The molecule has 0 bridgehead atoms. The van der Waals surface area contributed by atoms with E-state index in [4.69, 9.17) is 9.97 Å². The van der Waals surface area contributed by atoms with Gasteiger partial charge in [0.05, 0.1) is 11.4 Å². The SMILES string of the molecule is CC(C)(c1cn(-c2ccccc2)c(-c2nc(C(C)(C)c3ccc[nH]3)cn2-c2ccccc2)n1)c1ccc[nH]1. The maximum atomic E-state index is 5.28. The zero-order valence-electron chi connectivity index (χ0n) is 22.2. The summed E-state index contributed by atoms with van der Waals surface area (Å²) < 4.78 is 4.32. The highest BCUT2D eigenvalue weighted by Crippen LogP contribution is 2.36. The van der Waals surface area contributed by atoms with Gasteiger partial charge < -0.3 is 9.97 Å². The summed E-state index contributed by atoms with van der Waals surface area (Å²) in [6.07, 6.45) is 8.21. The number of rotatable bonds is 7. The molecule has 0 aliphatic carbocycles. The van der Waals surface area contributed by atoms with E-state index in [0.717, 1.165) is 45.8 Å². The largest absolute Gasteiger partial charge is 0.364 e. The summed E-state index contributed by atoms with van der Waals surface area (Å²) in [5.41, 5.74) is 5.58. The molecular formula is C32H32N6. The summed E-state index contributed by atoms with van der Waals surface area (Å²) in [5.74, 6) is 1.59. The van der Waals surface area contributed by atoms with E-state index in [2.05, 4.69) is 120 Å². The summed E-state index contributed by atoms with van der Waals surface area (Å²) in [6.45, 7) is 8.79. The molecular weight excluding hydrogens is 468 g/mol. The first-order chi connectivity index (χ1) is 18.4. The number of para-hydroxylation sites is 2. The van der Waals surface area contributed by atoms with E-state index >= 15 is 0 Å². The van der Waals surface area contributed by atoms with Gasteiger partial charge in [-0.05, 0) is 76.2 Å². The Morgan fingerprint density at radius 2 is 0.921 bits per heavy atom. The molecule has 190 valence electrons. The molecule has 6 heteroatoms. The van der Waals surface area contributed by atoms with Gasteiger partial charge in [0.2, 0.25) is 0 Å². The average molecular weight is 501 g/mol. The van der Waals surface area contributed by atoms with Gasteiger partial charge in [0.25, 0.3) is 0 Å². The van der Waals surface area contributed by atoms with Crippen LogP contribution in [0.2, 0.25) is 0 Å². The van der Waals surface area contributed by atoms with Crippen molar-refractivity contribution in [3.8, 4) is 23.0 Å². The highest BCUT2D eigenvalue weighted by Gasteiger charge is 2.32. The van der Waals surface area contributed by atoms with Crippen molar-refractivity contribution >= 4 is 0 Å². The first-order valence-electron chi connectivity index (χ1n) is 12.9. The Hall–Kier alpha value is -4.58. The molecule has 38 heavy (non-hydrogen) atoms. The molecule has 6 aromatic rings. The van der Waals surface area contributed by atoms with Gasteiger partial charge in [0.1, 0.15) is 0 Å². The lowest BCUT2D eigenvalue weighted by atomic mass is 9.86. The maximum Gasteiger partial charge on any atom is 0.181 e. The van der Waals surface area contributed by atoms with Crippen LogP contribution in [0.4, 0.5) is 0 Å². The van der Waals surface area contributed by atoms with Gasteiger partial charge in [-0.1, -0.05) is 36.4 Å². The molecule has 0 aliphatic rings. The van der Waals surface area contributed by atoms with Crippen LogP contribution >= 0.6 is 0 Å². The van der Waals surface area contributed by atoms with Crippen LogP contribution in [0.5, 0.6) is 0 Å². The molecule has 0 unspecified atom stereocenters. The van der Waals surface area contributed by atoms with Gasteiger partial charge >= 0.3 is 0 Å². The van der Waals surface area contributed by atoms with Crippen molar-refractivity contribution < 1.29 is 0 Å². The number of H-pyrrole nitrogens is 2. The second kappa shape index (κ2) is 9.06. The van der Waals surface area contributed by atoms with Crippen molar-refractivity contribution in [2.75, 3.05) is 0 Å². The van der Waals surface area contributed by atoms with Crippen LogP contribution in [0.25, 0.3) is 23.0 Å². The first-order valence-corrected chi connectivity index (χ1v) is 12.9. The molecule has 6 rings (SSSR count). The number of benzene rings is 2. The summed E-state index contributed by atoms with van der Waals surface area (Å²) >= 11 is 0. The fourth-order valence-electron chi connectivity index (χ4n) is 4.96. The second-order valence-corrected chi connectivity index (χ2v) is 10.7. The zero-order chi connectivity index (χ0) is 26.3. The van der Waals surface area contributed by atoms with Gasteiger partial charge in [0.15, 0.2) is 11.6 Å². The molecule has 0 spiro atoms. The summed E-state index contributed by atoms with van der Waals surface area (Å²) in [4.78, 5) is 17.3. The van der Waals surface area contributed by atoms with E-state index in [0.29, 0.717) is 0 Å². The van der Waals surface area contributed by atoms with E-state index in [-0.39, 0.29) is 10.8 Å². The molecule has 0 fully saturated rings. The first kappa shape index (κ1) is 23.8. The molecule has 0 aliphatic heterocycles. The summed E-state index contributed by atoms with van der Waals surface area (Å²) in [5, 5.41) is 0. The Morgan fingerprint density at radius 1 is 0.526 bits per heavy atom. The summed E-state index contributed by atoms with van der Waals surface area (Å²) in [7, 11) is 0. The Labute approximate surface area is 223 Å². The lowest BCUT2D eigenvalue weighted by molar-refractivity contribution is 0.601. The van der Waals surface area contributed by atoms with Crippen molar-refractivity contribution in [1.29, 1.82) is 0 Å². The number of aromatic nitrogens is 6. The standard InChI is InChI=1S/C32H32N6/c1-31(2,25-17-11-19-33-25)27-21-37(23-13-7-5-8-14-23)29(35-27)30-36-28(32(3,4)26-18-12-20-34-26)22-38(30)24-15-9-6-10-16-24/h5-22,33-34H,1-4H3. The van der Waals surface area contributed by atoms with Gasteiger partial charge in [-0.25, -0.2) is 9.97 Å². The molecule has 6 nitrogen and oxygen atoms in total. The molecule has 0 amide bonds. The number of nitrogens with zero attached hydrogens (tertiary/aromatic N) is 4. The molecule has 4 heterocycles.